The normalized spacial score (nSPS) is 28.6. The number of benzene rings is 1. The number of ether oxygens (including phenoxy) is 2. The second kappa shape index (κ2) is 11.3. The molecule has 0 aromatic heterocycles. The molecule has 0 aliphatic carbocycles. The molecule has 0 bridgehead atoms. The van der Waals surface area contributed by atoms with Gasteiger partial charge >= 0.3 is 0 Å². The van der Waals surface area contributed by atoms with Crippen molar-refractivity contribution in [2.45, 2.75) is 51.2 Å². The minimum absolute atomic E-state index is 0.169. The van der Waals surface area contributed by atoms with E-state index < -0.39 is 0 Å². The van der Waals surface area contributed by atoms with Crippen LogP contribution >= 0.6 is 0 Å². The molecule has 1 aromatic carbocycles. The van der Waals surface area contributed by atoms with Gasteiger partial charge in [0.15, 0.2) is 5.96 Å². The van der Waals surface area contributed by atoms with Crippen LogP contribution in [0, 0.1) is 18.8 Å². The van der Waals surface area contributed by atoms with Crippen molar-refractivity contribution in [1.29, 1.82) is 0 Å². The molecule has 3 atom stereocenters. The van der Waals surface area contributed by atoms with Crippen LogP contribution in [0.3, 0.4) is 0 Å². The molecular formula is C25H40N4O2. The standard InChI is InChI=1S/C25H40N4O2/c1-19-5-7-21(8-6-19)24-22(4-3-14-31-24)16-27-25(26-2)28-23-9-12-29(13-10-23)17-20-11-15-30-18-20/h5-8,20,22-24H,3-4,9-18H2,1-2H3,(H2,26,27,28). The number of piperidine rings is 1. The lowest BCUT2D eigenvalue weighted by Gasteiger charge is -2.35. The average Bonchev–Trinajstić information content (AvgIpc) is 3.32. The molecule has 3 aliphatic heterocycles. The van der Waals surface area contributed by atoms with Crippen LogP contribution in [0.15, 0.2) is 29.3 Å². The Morgan fingerprint density at radius 1 is 1.10 bits per heavy atom. The van der Waals surface area contributed by atoms with E-state index in [9.17, 15) is 0 Å². The predicted octanol–water partition coefficient (Wildman–Crippen LogP) is 3.13. The Kier molecular flexibility index (Phi) is 8.22. The summed E-state index contributed by atoms with van der Waals surface area (Å²) in [5.74, 6) is 2.12. The molecule has 6 heteroatoms. The number of aliphatic imine (C=N–C) groups is 1. The summed E-state index contributed by atoms with van der Waals surface area (Å²) in [7, 11) is 1.87. The van der Waals surface area contributed by atoms with Gasteiger partial charge in [0.1, 0.15) is 0 Å². The van der Waals surface area contributed by atoms with Crippen LogP contribution in [0.25, 0.3) is 0 Å². The molecule has 3 aliphatic rings. The van der Waals surface area contributed by atoms with Gasteiger partial charge in [0, 0.05) is 58.4 Å². The monoisotopic (exact) mass is 428 g/mol. The maximum Gasteiger partial charge on any atom is 0.191 e. The molecular weight excluding hydrogens is 388 g/mol. The molecule has 3 saturated heterocycles. The number of nitrogens with zero attached hydrogens (tertiary/aromatic N) is 2. The van der Waals surface area contributed by atoms with E-state index in [-0.39, 0.29) is 6.10 Å². The first-order valence-corrected chi connectivity index (χ1v) is 12.2. The van der Waals surface area contributed by atoms with Crippen LogP contribution in [0.2, 0.25) is 0 Å². The van der Waals surface area contributed by atoms with Gasteiger partial charge in [-0.3, -0.25) is 4.99 Å². The molecule has 0 saturated carbocycles. The number of hydrogen-bond acceptors (Lipinski definition) is 4. The third kappa shape index (κ3) is 6.43. The first-order valence-electron chi connectivity index (χ1n) is 12.2. The van der Waals surface area contributed by atoms with Crippen molar-refractivity contribution < 1.29 is 9.47 Å². The highest BCUT2D eigenvalue weighted by molar-refractivity contribution is 5.80. The van der Waals surface area contributed by atoms with Crippen LogP contribution in [0.1, 0.15) is 49.3 Å². The van der Waals surface area contributed by atoms with Gasteiger partial charge in [-0.05, 0) is 50.5 Å². The third-order valence-corrected chi connectivity index (χ3v) is 7.07. The first kappa shape index (κ1) is 22.6. The molecule has 0 spiro atoms. The van der Waals surface area contributed by atoms with Crippen molar-refractivity contribution >= 4 is 5.96 Å². The molecule has 3 fully saturated rings. The van der Waals surface area contributed by atoms with E-state index in [2.05, 4.69) is 51.7 Å². The van der Waals surface area contributed by atoms with Gasteiger partial charge in [0.05, 0.1) is 12.7 Å². The second-order valence-corrected chi connectivity index (χ2v) is 9.51. The smallest absolute Gasteiger partial charge is 0.191 e. The van der Waals surface area contributed by atoms with E-state index in [0.29, 0.717) is 12.0 Å². The van der Waals surface area contributed by atoms with Crippen molar-refractivity contribution in [1.82, 2.24) is 15.5 Å². The molecule has 3 unspecified atom stereocenters. The van der Waals surface area contributed by atoms with Crippen molar-refractivity contribution in [2.75, 3.05) is 53.0 Å². The van der Waals surface area contributed by atoms with Crippen LogP contribution in [-0.2, 0) is 9.47 Å². The summed E-state index contributed by atoms with van der Waals surface area (Å²) in [5.41, 5.74) is 2.58. The maximum atomic E-state index is 6.18. The third-order valence-electron chi connectivity index (χ3n) is 7.07. The van der Waals surface area contributed by atoms with Gasteiger partial charge in [0.2, 0.25) is 0 Å². The summed E-state index contributed by atoms with van der Waals surface area (Å²) in [6, 6.07) is 9.31. The molecule has 4 rings (SSSR count). The topological polar surface area (TPSA) is 58.1 Å². The van der Waals surface area contributed by atoms with E-state index in [4.69, 9.17) is 9.47 Å². The number of aryl methyl sites for hydroxylation is 1. The van der Waals surface area contributed by atoms with Crippen molar-refractivity contribution in [3.8, 4) is 0 Å². The SMILES string of the molecule is CN=C(NCC1CCCOC1c1ccc(C)cc1)NC1CCN(CC2CCOC2)CC1. The van der Waals surface area contributed by atoms with Gasteiger partial charge in [-0.25, -0.2) is 0 Å². The summed E-state index contributed by atoms with van der Waals surface area (Å²) >= 11 is 0. The zero-order valence-corrected chi connectivity index (χ0v) is 19.3. The Labute approximate surface area is 187 Å². The zero-order chi connectivity index (χ0) is 21.5. The fraction of sp³-hybridized carbons (Fsp3) is 0.720. The Bertz CT molecular complexity index is 694. The summed E-state index contributed by atoms with van der Waals surface area (Å²) in [6.07, 6.45) is 6.06. The van der Waals surface area contributed by atoms with E-state index >= 15 is 0 Å². The van der Waals surface area contributed by atoms with Crippen LogP contribution in [-0.4, -0.2) is 69.9 Å². The number of guanidine groups is 1. The van der Waals surface area contributed by atoms with Gasteiger partial charge in [-0.1, -0.05) is 29.8 Å². The molecule has 0 amide bonds. The Hall–Kier alpha value is -1.63. The lowest BCUT2D eigenvalue weighted by atomic mass is 9.89. The minimum atomic E-state index is 0.169. The molecule has 1 aromatic rings. The first-order chi connectivity index (χ1) is 15.2. The maximum absolute atomic E-state index is 6.18. The highest BCUT2D eigenvalue weighted by Crippen LogP contribution is 2.33. The number of hydrogen-bond donors (Lipinski definition) is 2. The second-order valence-electron chi connectivity index (χ2n) is 9.51. The quantitative estimate of drug-likeness (QED) is 0.539. The Morgan fingerprint density at radius 3 is 2.61 bits per heavy atom. The molecule has 31 heavy (non-hydrogen) atoms. The lowest BCUT2D eigenvalue weighted by molar-refractivity contribution is -0.0265. The number of rotatable bonds is 6. The molecule has 0 radical (unpaired) electrons. The van der Waals surface area contributed by atoms with Crippen molar-refractivity contribution in [3.63, 3.8) is 0 Å². The van der Waals surface area contributed by atoms with E-state index in [0.717, 1.165) is 57.8 Å². The predicted molar refractivity (Wildman–Crippen MR) is 125 cm³/mol. The summed E-state index contributed by atoms with van der Waals surface area (Å²) in [5, 5.41) is 7.26. The summed E-state index contributed by atoms with van der Waals surface area (Å²) < 4.78 is 11.7. The van der Waals surface area contributed by atoms with E-state index in [1.165, 1.54) is 43.4 Å². The van der Waals surface area contributed by atoms with E-state index in [1.54, 1.807) is 0 Å². The zero-order valence-electron chi connectivity index (χ0n) is 19.3. The van der Waals surface area contributed by atoms with Crippen LogP contribution < -0.4 is 10.6 Å². The number of nitrogens with one attached hydrogen (secondary N) is 2. The minimum Gasteiger partial charge on any atom is -0.381 e. The van der Waals surface area contributed by atoms with Crippen LogP contribution in [0.4, 0.5) is 0 Å². The highest BCUT2D eigenvalue weighted by Gasteiger charge is 2.28. The molecule has 2 N–H and O–H groups in total. The fourth-order valence-corrected chi connectivity index (χ4v) is 5.15. The van der Waals surface area contributed by atoms with Gasteiger partial charge in [-0.15, -0.1) is 0 Å². The highest BCUT2D eigenvalue weighted by atomic mass is 16.5. The summed E-state index contributed by atoms with van der Waals surface area (Å²) in [4.78, 5) is 7.11. The molecule has 172 valence electrons. The van der Waals surface area contributed by atoms with Crippen molar-refractivity contribution in [3.05, 3.63) is 35.4 Å². The molecule has 3 heterocycles. The molecule has 6 nitrogen and oxygen atoms in total. The Balaban J connectivity index is 1.23. The lowest BCUT2D eigenvalue weighted by Crippen LogP contribution is -2.50. The average molecular weight is 429 g/mol. The van der Waals surface area contributed by atoms with Crippen molar-refractivity contribution in [2.24, 2.45) is 16.8 Å². The van der Waals surface area contributed by atoms with E-state index in [1.807, 2.05) is 7.05 Å². The fourth-order valence-electron chi connectivity index (χ4n) is 5.15. The van der Waals surface area contributed by atoms with Gasteiger partial charge < -0.3 is 25.0 Å². The van der Waals surface area contributed by atoms with Crippen LogP contribution in [0.5, 0.6) is 0 Å². The number of likely N-dealkylation sites (tertiary alicyclic amines) is 1. The Morgan fingerprint density at radius 2 is 1.90 bits per heavy atom. The largest absolute Gasteiger partial charge is 0.381 e. The van der Waals surface area contributed by atoms with Gasteiger partial charge in [0.25, 0.3) is 0 Å². The van der Waals surface area contributed by atoms with Gasteiger partial charge in [-0.2, -0.15) is 0 Å². The summed E-state index contributed by atoms with van der Waals surface area (Å²) in [6.45, 7) is 9.29.